The molecule has 1 N–H and O–H groups in total. The van der Waals surface area contributed by atoms with Gasteiger partial charge < -0.3 is 9.84 Å². The summed E-state index contributed by atoms with van der Waals surface area (Å²) in [5.74, 6) is 0.410. The lowest BCUT2D eigenvalue weighted by Gasteiger charge is -2.07. The average molecular weight is 290 g/mol. The molecule has 0 saturated carbocycles. The van der Waals surface area contributed by atoms with Gasteiger partial charge in [-0.3, -0.25) is 4.98 Å². The molecule has 2 aromatic heterocycles. The molecule has 0 aliphatic carbocycles. The summed E-state index contributed by atoms with van der Waals surface area (Å²) < 4.78 is 5.48. The van der Waals surface area contributed by atoms with E-state index in [2.05, 4.69) is 9.97 Å². The van der Waals surface area contributed by atoms with Gasteiger partial charge in [0, 0.05) is 19.1 Å². The molecule has 2 aromatic rings. The molecule has 6 heteroatoms. The van der Waals surface area contributed by atoms with Crippen LogP contribution in [-0.2, 0) is 13.0 Å². The highest BCUT2D eigenvalue weighted by molar-refractivity contribution is 6.29. The molecule has 102 valence electrons. The lowest BCUT2D eigenvalue weighted by molar-refractivity contribution is 0.286. The fourth-order valence-corrected chi connectivity index (χ4v) is 1.80. The number of rotatable bonds is 5. The molecule has 5 nitrogen and oxygen atoms in total. The second kappa shape index (κ2) is 6.85. The van der Waals surface area contributed by atoms with Gasteiger partial charge in [0.15, 0.2) is 0 Å². The van der Waals surface area contributed by atoms with Gasteiger partial charge in [-0.25, -0.2) is 4.98 Å². The van der Waals surface area contributed by atoms with Crippen molar-refractivity contribution in [1.82, 2.24) is 9.97 Å². The number of pyridine rings is 2. The van der Waals surface area contributed by atoms with Crippen LogP contribution in [-0.4, -0.2) is 21.7 Å². The predicted octanol–water partition coefficient (Wildman–Crippen LogP) is 2.12. The molecule has 0 amide bonds. The van der Waals surface area contributed by atoms with Crippen molar-refractivity contribution in [2.24, 2.45) is 0 Å². The highest BCUT2D eigenvalue weighted by Gasteiger charge is 2.06. The first-order valence-corrected chi connectivity index (χ1v) is 6.36. The van der Waals surface area contributed by atoms with Gasteiger partial charge in [-0.05, 0) is 18.2 Å². The first-order valence-electron chi connectivity index (χ1n) is 5.98. The monoisotopic (exact) mass is 289 g/mol. The van der Waals surface area contributed by atoms with Gasteiger partial charge in [-0.1, -0.05) is 17.7 Å². The molecule has 0 aliphatic rings. The van der Waals surface area contributed by atoms with Crippen LogP contribution in [0.4, 0.5) is 0 Å². The summed E-state index contributed by atoms with van der Waals surface area (Å²) in [5, 5.41) is 18.3. The maximum absolute atomic E-state index is 8.96. The highest BCUT2D eigenvalue weighted by Crippen LogP contribution is 2.14. The minimum absolute atomic E-state index is 0.0537. The van der Waals surface area contributed by atoms with Crippen LogP contribution in [0.1, 0.15) is 17.0 Å². The quantitative estimate of drug-likeness (QED) is 0.853. The summed E-state index contributed by atoms with van der Waals surface area (Å²) in [4.78, 5) is 8.31. The van der Waals surface area contributed by atoms with Crippen molar-refractivity contribution >= 4 is 11.6 Å². The molecule has 0 radical (unpaired) electrons. The molecule has 0 unspecified atom stereocenters. The third kappa shape index (κ3) is 3.67. The zero-order valence-corrected chi connectivity index (χ0v) is 11.3. The number of ether oxygens (including phenoxy) is 1. The van der Waals surface area contributed by atoms with E-state index in [0.717, 1.165) is 0 Å². The van der Waals surface area contributed by atoms with E-state index in [1.54, 1.807) is 30.3 Å². The fraction of sp³-hybridized carbons (Fsp3) is 0.214. The molecule has 2 rings (SSSR count). The van der Waals surface area contributed by atoms with Crippen LogP contribution in [0.15, 0.2) is 30.3 Å². The van der Waals surface area contributed by atoms with E-state index < -0.39 is 0 Å². The SMILES string of the molecule is N#Cc1ccc(COc2cccc(Cl)n2)nc1CCO. The van der Waals surface area contributed by atoms with E-state index in [1.165, 1.54) is 0 Å². The largest absolute Gasteiger partial charge is 0.471 e. The highest BCUT2D eigenvalue weighted by atomic mass is 35.5. The third-order valence-electron chi connectivity index (χ3n) is 2.56. The van der Waals surface area contributed by atoms with E-state index in [4.69, 9.17) is 26.7 Å². The first-order chi connectivity index (χ1) is 9.72. The summed E-state index contributed by atoms with van der Waals surface area (Å²) in [6.07, 6.45) is 0.339. The molecule has 0 spiro atoms. The van der Waals surface area contributed by atoms with E-state index >= 15 is 0 Å². The molecule has 0 fully saturated rings. The van der Waals surface area contributed by atoms with E-state index in [9.17, 15) is 0 Å². The van der Waals surface area contributed by atoms with Crippen molar-refractivity contribution in [3.05, 3.63) is 52.4 Å². The number of halogens is 1. The number of nitrogens with zero attached hydrogens (tertiary/aromatic N) is 3. The molecular weight excluding hydrogens is 278 g/mol. The van der Waals surface area contributed by atoms with Gasteiger partial charge in [0.05, 0.1) is 17.0 Å². The minimum Gasteiger partial charge on any atom is -0.471 e. The Morgan fingerprint density at radius 2 is 2.10 bits per heavy atom. The van der Waals surface area contributed by atoms with Gasteiger partial charge in [0.1, 0.15) is 17.8 Å². The second-order valence-electron chi connectivity index (χ2n) is 3.97. The second-order valence-corrected chi connectivity index (χ2v) is 4.36. The molecule has 20 heavy (non-hydrogen) atoms. The zero-order chi connectivity index (χ0) is 14.4. The van der Waals surface area contributed by atoms with E-state index in [1.807, 2.05) is 6.07 Å². The van der Waals surface area contributed by atoms with Gasteiger partial charge in [0.25, 0.3) is 0 Å². The Balaban J connectivity index is 2.10. The number of aliphatic hydroxyl groups is 1. The van der Waals surface area contributed by atoms with Gasteiger partial charge in [-0.15, -0.1) is 0 Å². The Kier molecular flexibility index (Phi) is 4.88. The van der Waals surface area contributed by atoms with E-state index in [-0.39, 0.29) is 13.2 Å². The molecular formula is C14H12ClN3O2. The van der Waals surface area contributed by atoms with Crippen LogP contribution < -0.4 is 4.74 Å². The van der Waals surface area contributed by atoms with Crippen LogP contribution in [0.3, 0.4) is 0 Å². The zero-order valence-electron chi connectivity index (χ0n) is 10.6. The fourth-order valence-electron chi connectivity index (χ4n) is 1.64. The molecule has 0 bridgehead atoms. The summed E-state index contributed by atoms with van der Waals surface area (Å²) in [6.45, 7) is 0.166. The Bertz CT molecular complexity index is 641. The van der Waals surface area contributed by atoms with Crippen LogP contribution >= 0.6 is 11.6 Å². The van der Waals surface area contributed by atoms with Crippen LogP contribution in [0.5, 0.6) is 5.88 Å². The van der Waals surface area contributed by atoms with Gasteiger partial charge in [0.2, 0.25) is 5.88 Å². The number of hydrogen-bond acceptors (Lipinski definition) is 5. The van der Waals surface area contributed by atoms with E-state index in [0.29, 0.717) is 34.4 Å². The van der Waals surface area contributed by atoms with Crippen molar-refractivity contribution in [3.8, 4) is 11.9 Å². The normalized spacial score (nSPS) is 10.1. The lowest BCUT2D eigenvalue weighted by Crippen LogP contribution is -2.05. The maximum Gasteiger partial charge on any atom is 0.215 e. The van der Waals surface area contributed by atoms with Crippen molar-refractivity contribution in [3.63, 3.8) is 0 Å². The standard InChI is InChI=1S/C14H12ClN3O2/c15-13-2-1-3-14(18-13)20-9-11-5-4-10(8-16)12(17-11)6-7-19/h1-5,19H,6-7,9H2. The van der Waals surface area contributed by atoms with Crippen molar-refractivity contribution in [1.29, 1.82) is 5.26 Å². The molecule has 0 aliphatic heterocycles. The van der Waals surface area contributed by atoms with Crippen molar-refractivity contribution < 1.29 is 9.84 Å². The third-order valence-corrected chi connectivity index (χ3v) is 2.77. The average Bonchev–Trinajstić information content (AvgIpc) is 2.46. The summed E-state index contributed by atoms with van der Waals surface area (Å²) in [6, 6.07) is 10.5. The summed E-state index contributed by atoms with van der Waals surface area (Å²) in [5.41, 5.74) is 1.69. The lowest BCUT2D eigenvalue weighted by atomic mass is 10.1. The molecule has 0 atom stereocenters. The van der Waals surface area contributed by atoms with Gasteiger partial charge in [-0.2, -0.15) is 5.26 Å². The number of nitriles is 1. The number of hydrogen-bond donors (Lipinski definition) is 1. The van der Waals surface area contributed by atoms with Gasteiger partial charge >= 0.3 is 0 Å². The Labute approximate surface area is 121 Å². The Morgan fingerprint density at radius 3 is 2.80 bits per heavy atom. The van der Waals surface area contributed by atoms with Crippen molar-refractivity contribution in [2.75, 3.05) is 6.61 Å². The topological polar surface area (TPSA) is 79.0 Å². The smallest absolute Gasteiger partial charge is 0.215 e. The van der Waals surface area contributed by atoms with Crippen LogP contribution in [0, 0.1) is 11.3 Å². The number of aliphatic hydroxyl groups excluding tert-OH is 1. The summed E-state index contributed by atoms with van der Waals surface area (Å²) in [7, 11) is 0. The first kappa shape index (κ1) is 14.3. The predicted molar refractivity (Wildman–Crippen MR) is 73.3 cm³/mol. The molecule has 2 heterocycles. The minimum atomic E-state index is -0.0537. The summed E-state index contributed by atoms with van der Waals surface area (Å²) >= 11 is 5.76. The van der Waals surface area contributed by atoms with Crippen LogP contribution in [0.2, 0.25) is 5.15 Å². The van der Waals surface area contributed by atoms with Crippen LogP contribution in [0.25, 0.3) is 0 Å². The van der Waals surface area contributed by atoms with Crippen molar-refractivity contribution in [2.45, 2.75) is 13.0 Å². The molecule has 0 aromatic carbocycles. The maximum atomic E-state index is 8.96. The number of aromatic nitrogens is 2. The Morgan fingerprint density at radius 1 is 1.25 bits per heavy atom. The molecule has 0 saturated heterocycles. The Hall–Kier alpha value is -2.16.